The first-order chi connectivity index (χ1) is 6.61. The number of H-pyrrole nitrogens is 1. The highest BCUT2D eigenvalue weighted by atomic mass is 16.1. The minimum absolute atomic E-state index is 0.183. The quantitative estimate of drug-likeness (QED) is 0.716. The molecule has 1 aromatic heterocycles. The average molecular weight is 191 g/mol. The van der Waals surface area contributed by atoms with E-state index in [0.29, 0.717) is 0 Å². The Morgan fingerprint density at radius 1 is 1.57 bits per heavy atom. The molecule has 1 atom stereocenters. The third-order valence-electron chi connectivity index (χ3n) is 3.44. The number of carbonyl (C=O) groups excluding carboxylic acids is 1. The van der Waals surface area contributed by atoms with E-state index in [4.69, 9.17) is 0 Å². The lowest BCUT2D eigenvalue weighted by Crippen LogP contribution is -2.26. The van der Waals surface area contributed by atoms with E-state index in [1.54, 1.807) is 0 Å². The normalized spacial score (nSPS) is 25.1. The molecular formula is C12H17NO. The first-order valence-electron chi connectivity index (χ1n) is 5.29. The topological polar surface area (TPSA) is 32.9 Å². The van der Waals surface area contributed by atoms with Crippen LogP contribution in [0.4, 0.5) is 0 Å². The number of nitrogens with one attached hydrogen (secondary N) is 1. The van der Waals surface area contributed by atoms with Crippen molar-refractivity contribution in [3.8, 4) is 0 Å². The van der Waals surface area contributed by atoms with Gasteiger partial charge < -0.3 is 4.98 Å². The predicted molar refractivity (Wildman–Crippen MR) is 56.2 cm³/mol. The van der Waals surface area contributed by atoms with Gasteiger partial charge in [0.15, 0.2) is 5.78 Å². The van der Waals surface area contributed by atoms with Crippen LogP contribution in [-0.2, 0) is 0 Å². The molecule has 2 heteroatoms. The highest BCUT2D eigenvalue weighted by Crippen LogP contribution is 2.43. The molecule has 1 saturated carbocycles. The molecule has 0 aliphatic heterocycles. The molecule has 1 fully saturated rings. The maximum atomic E-state index is 12.1. The van der Waals surface area contributed by atoms with Crippen molar-refractivity contribution in [2.45, 2.75) is 33.1 Å². The fourth-order valence-corrected chi connectivity index (χ4v) is 2.48. The molecule has 0 amide bonds. The summed E-state index contributed by atoms with van der Waals surface area (Å²) in [5.74, 6) is 0.499. The van der Waals surface area contributed by atoms with Crippen molar-refractivity contribution in [3.05, 3.63) is 24.0 Å². The fourth-order valence-electron chi connectivity index (χ4n) is 2.48. The highest BCUT2D eigenvalue weighted by Gasteiger charge is 2.39. The van der Waals surface area contributed by atoms with Crippen molar-refractivity contribution < 1.29 is 4.79 Å². The second-order valence-corrected chi connectivity index (χ2v) is 4.88. The Morgan fingerprint density at radius 2 is 2.36 bits per heavy atom. The summed E-state index contributed by atoms with van der Waals surface area (Å²) in [6.45, 7) is 4.40. The highest BCUT2D eigenvalue weighted by molar-refractivity contribution is 5.96. The smallest absolute Gasteiger partial charge is 0.182 e. The van der Waals surface area contributed by atoms with Gasteiger partial charge in [-0.2, -0.15) is 0 Å². The van der Waals surface area contributed by atoms with Crippen LogP contribution in [0.15, 0.2) is 18.3 Å². The number of rotatable bonds is 2. The average Bonchev–Trinajstić information content (AvgIpc) is 2.71. The van der Waals surface area contributed by atoms with Gasteiger partial charge in [-0.05, 0) is 30.4 Å². The summed E-state index contributed by atoms with van der Waals surface area (Å²) in [6.07, 6.45) is 5.22. The van der Waals surface area contributed by atoms with E-state index in [-0.39, 0.29) is 17.1 Å². The van der Waals surface area contributed by atoms with Crippen LogP contribution in [-0.4, -0.2) is 10.8 Å². The Bertz CT molecular complexity index is 324. The SMILES string of the molecule is CC1(C)CCCC1C(=O)c1ccc[nH]1. The minimum Gasteiger partial charge on any atom is -0.359 e. The van der Waals surface area contributed by atoms with E-state index < -0.39 is 0 Å². The predicted octanol–water partition coefficient (Wildman–Crippen LogP) is 3.02. The third kappa shape index (κ3) is 1.49. The van der Waals surface area contributed by atoms with E-state index in [1.807, 2.05) is 18.3 Å². The number of Topliss-reactive ketones (excluding diaryl/α,β-unsaturated/α-hetero) is 1. The second kappa shape index (κ2) is 3.26. The van der Waals surface area contributed by atoms with E-state index in [9.17, 15) is 4.79 Å². The third-order valence-corrected chi connectivity index (χ3v) is 3.44. The zero-order valence-electron chi connectivity index (χ0n) is 8.84. The maximum Gasteiger partial charge on any atom is 0.182 e. The zero-order chi connectivity index (χ0) is 10.2. The first kappa shape index (κ1) is 9.50. The van der Waals surface area contributed by atoms with Gasteiger partial charge >= 0.3 is 0 Å². The molecule has 0 spiro atoms. The maximum absolute atomic E-state index is 12.1. The summed E-state index contributed by atoms with van der Waals surface area (Å²) in [7, 11) is 0. The molecule has 1 aromatic rings. The molecule has 0 bridgehead atoms. The lowest BCUT2D eigenvalue weighted by Gasteiger charge is -2.25. The summed E-state index contributed by atoms with van der Waals surface area (Å²) in [6, 6.07) is 3.76. The molecule has 0 aromatic carbocycles. The van der Waals surface area contributed by atoms with Crippen molar-refractivity contribution in [1.29, 1.82) is 0 Å². The summed E-state index contributed by atoms with van der Waals surface area (Å²) in [4.78, 5) is 15.1. The van der Waals surface area contributed by atoms with E-state index in [2.05, 4.69) is 18.8 Å². The molecule has 0 radical (unpaired) electrons. The summed E-state index contributed by atoms with van der Waals surface area (Å²) in [5.41, 5.74) is 0.951. The van der Waals surface area contributed by atoms with E-state index >= 15 is 0 Å². The molecule has 76 valence electrons. The van der Waals surface area contributed by atoms with Crippen LogP contribution in [0, 0.1) is 11.3 Å². The van der Waals surface area contributed by atoms with Crippen LogP contribution in [0.1, 0.15) is 43.6 Å². The number of carbonyl (C=O) groups is 1. The molecule has 1 unspecified atom stereocenters. The molecule has 1 N–H and O–H groups in total. The summed E-state index contributed by atoms with van der Waals surface area (Å²) in [5, 5.41) is 0. The fraction of sp³-hybridized carbons (Fsp3) is 0.583. The van der Waals surface area contributed by atoms with Gasteiger partial charge in [0, 0.05) is 12.1 Å². The van der Waals surface area contributed by atoms with Crippen molar-refractivity contribution in [2.24, 2.45) is 11.3 Å². The number of ketones is 1. The molecule has 1 heterocycles. The first-order valence-corrected chi connectivity index (χ1v) is 5.29. The van der Waals surface area contributed by atoms with Gasteiger partial charge in [0.25, 0.3) is 0 Å². The molecule has 0 saturated heterocycles. The Labute approximate surface area is 84.7 Å². The Morgan fingerprint density at radius 3 is 2.86 bits per heavy atom. The molecule has 2 nitrogen and oxygen atoms in total. The van der Waals surface area contributed by atoms with E-state index in [1.165, 1.54) is 12.8 Å². The van der Waals surface area contributed by atoms with Gasteiger partial charge in [-0.3, -0.25) is 4.79 Å². The van der Waals surface area contributed by atoms with Crippen molar-refractivity contribution in [1.82, 2.24) is 4.98 Å². The summed E-state index contributed by atoms with van der Waals surface area (Å²) < 4.78 is 0. The number of hydrogen-bond acceptors (Lipinski definition) is 1. The van der Waals surface area contributed by atoms with Crippen LogP contribution in [0.25, 0.3) is 0 Å². The molecule has 14 heavy (non-hydrogen) atoms. The largest absolute Gasteiger partial charge is 0.359 e. The van der Waals surface area contributed by atoms with Crippen LogP contribution in [0.3, 0.4) is 0 Å². The lowest BCUT2D eigenvalue weighted by molar-refractivity contribution is 0.0834. The minimum atomic E-state index is 0.183. The standard InChI is InChI=1S/C12H17NO/c1-12(2)7-3-5-9(12)11(14)10-6-4-8-13-10/h4,6,8-9,13H,3,5,7H2,1-2H3. The van der Waals surface area contributed by atoms with Gasteiger partial charge in [0.2, 0.25) is 0 Å². The molecule has 1 aliphatic carbocycles. The van der Waals surface area contributed by atoms with E-state index in [0.717, 1.165) is 12.1 Å². The van der Waals surface area contributed by atoms with Crippen LogP contribution in [0.5, 0.6) is 0 Å². The van der Waals surface area contributed by atoms with Crippen molar-refractivity contribution >= 4 is 5.78 Å². The Balaban J connectivity index is 2.20. The van der Waals surface area contributed by atoms with Crippen molar-refractivity contribution in [3.63, 3.8) is 0 Å². The second-order valence-electron chi connectivity index (χ2n) is 4.88. The van der Waals surface area contributed by atoms with Crippen LogP contribution >= 0.6 is 0 Å². The molecule has 2 rings (SSSR count). The summed E-state index contributed by atoms with van der Waals surface area (Å²) >= 11 is 0. The monoisotopic (exact) mass is 191 g/mol. The molecular weight excluding hydrogens is 174 g/mol. The van der Waals surface area contributed by atoms with Crippen LogP contribution in [0.2, 0.25) is 0 Å². The van der Waals surface area contributed by atoms with Crippen LogP contribution < -0.4 is 0 Å². The van der Waals surface area contributed by atoms with Gasteiger partial charge in [0.05, 0.1) is 5.69 Å². The van der Waals surface area contributed by atoms with Gasteiger partial charge in [0.1, 0.15) is 0 Å². The van der Waals surface area contributed by atoms with Gasteiger partial charge in [-0.25, -0.2) is 0 Å². The molecule has 1 aliphatic rings. The number of aromatic nitrogens is 1. The number of hydrogen-bond donors (Lipinski definition) is 1. The number of aromatic amines is 1. The lowest BCUT2D eigenvalue weighted by atomic mass is 9.79. The Hall–Kier alpha value is -1.05. The van der Waals surface area contributed by atoms with Gasteiger partial charge in [-0.15, -0.1) is 0 Å². The van der Waals surface area contributed by atoms with Gasteiger partial charge in [-0.1, -0.05) is 20.3 Å². The zero-order valence-corrected chi connectivity index (χ0v) is 8.84. The Kier molecular flexibility index (Phi) is 2.22. The van der Waals surface area contributed by atoms with Crippen molar-refractivity contribution in [2.75, 3.05) is 0 Å².